The SMILES string of the molecule is COc1ccc(NC(=O)CSc2nc3ccc(C)cc3[nH]2)cc1Cl. The van der Waals surface area contributed by atoms with E-state index >= 15 is 0 Å². The van der Waals surface area contributed by atoms with Crippen LogP contribution in [0.4, 0.5) is 5.69 Å². The second-order valence-electron chi connectivity index (χ2n) is 5.25. The smallest absolute Gasteiger partial charge is 0.234 e. The van der Waals surface area contributed by atoms with Crippen molar-refractivity contribution in [3.05, 3.63) is 47.0 Å². The molecule has 0 fully saturated rings. The summed E-state index contributed by atoms with van der Waals surface area (Å²) in [6.07, 6.45) is 0. The number of imidazole rings is 1. The Morgan fingerprint density at radius 3 is 2.92 bits per heavy atom. The van der Waals surface area contributed by atoms with Crippen molar-refractivity contribution in [3.63, 3.8) is 0 Å². The summed E-state index contributed by atoms with van der Waals surface area (Å²) < 4.78 is 5.09. The number of thioether (sulfide) groups is 1. The fraction of sp³-hybridized carbons (Fsp3) is 0.176. The number of nitrogens with one attached hydrogen (secondary N) is 2. The number of anilines is 1. The highest BCUT2D eigenvalue weighted by atomic mass is 35.5. The molecule has 0 radical (unpaired) electrons. The van der Waals surface area contributed by atoms with Crippen molar-refractivity contribution in [3.8, 4) is 5.75 Å². The molecule has 0 aliphatic rings. The van der Waals surface area contributed by atoms with Gasteiger partial charge in [-0.15, -0.1) is 0 Å². The lowest BCUT2D eigenvalue weighted by Crippen LogP contribution is -2.14. The van der Waals surface area contributed by atoms with E-state index in [0.29, 0.717) is 16.5 Å². The molecule has 0 aliphatic carbocycles. The molecule has 5 nitrogen and oxygen atoms in total. The Morgan fingerprint density at radius 1 is 1.33 bits per heavy atom. The van der Waals surface area contributed by atoms with Crippen molar-refractivity contribution in [2.24, 2.45) is 0 Å². The molecule has 0 bridgehead atoms. The molecule has 7 heteroatoms. The number of benzene rings is 2. The largest absolute Gasteiger partial charge is 0.495 e. The van der Waals surface area contributed by atoms with Gasteiger partial charge < -0.3 is 15.0 Å². The van der Waals surface area contributed by atoms with Crippen molar-refractivity contribution >= 4 is 46.0 Å². The van der Waals surface area contributed by atoms with Crippen molar-refractivity contribution in [1.82, 2.24) is 9.97 Å². The van der Waals surface area contributed by atoms with E-state index in [2.05, 4.69) is 15.3 Å². The van der Waals surface area contributed by atoms with Crippen LogP contribution in [0.1, 0.15) is 5.56 Å². The highest BCUT2D eigenvalue weighted by molar-refractivity contribution is 7.99. The average Bonchev–Trinajstić information content (AvgIpc) is 2.95. The summed E-state index contributed by atoms with van der Waals surface area (Å²) in [6, 6.07) is 11.1. The second-order valence-corrected chi connectivity index (χ2v) is 6.62. The Labute approximate surface area is 148 Å². The van der Waals surface area contributed by atoms with E-state index in [1.165, 1.54) is 11.8 Å². The maximum atomic E-state index is 12.1. The summed E-state index contributed by atoms with van der Waals surface area (Å²) in [6.45, 7) is 2.03. The Hall–Kier alpha value is -2.18. The standard InChI is InChI=1S/C17H16ClN3O2S/c1-10-3-5-13-14(7-10)21-17(20-13)24-9-16(22)19-11-4-6-15(23-2)12(18)8-11/h3-8H,9H2,1-2H3,(H,19,22)(H,20,21). The first-order valence-electron chi connectivity index (χ1n) is 7.28. The van der Waals surface area contributed by atoms with Crippen LogP contribution in [0.15, 0.2) is 41.6 Å². The summed E-state index contributed by atoms with van der Waals surface area (Å²) >= 11 is 7.40. The zero-order chi connectivity index (χ0) is 17.1. The number of aromatic amines is 1. The molecule has 3 rings (SSSR count). The predicted octanol–water partition coefficient (Wildman–Crippen LogP) is 4.26. The quantitative estimate of drug-likeness (QED) is 0.666. The Morgan fingerprint density at radius 2 is 2.17 bits per heavy atom. The van der Waals surface area contributed by atoms with Crippen LogP contribution in [0.25, 0.3) is 11.0 Å². The monoisotopic (exact) mass is 361 g/mol. The van der Waals surface area contributed by atoms with Gasteiger partial charge in [-0.1, -0.05) is 29.4 Å². The van der Waals surface area contributed by atoms with E-state index in [4.69, 9.17) is 16.3 Å². The van der Waals surface area contributed by atoms with E-state index in [0.717, 1.165) is 21.8 Å². The lowest BCUT2D eigenvalue weighted by Gasteiger charge is -2.07. The first-order valence-corrected chi connectivity index (χ1v) is 8.64. The molecule has 3 aromatic rings. The molecule has 0 atom stereocenters. The fourth-order valence-corrected chi connectivity index (χ4v) is 3.19. The third kappa shape index (κ3) is 3.83. The van der Waals surface area contributed by atoms with Gasteiger partial charge >= 0.3 is 0 Å². The van der Waals surface area contributed by atoms with E-state index in [-0.39, 0.29) is 11.7 Å². The lowest BCUT2D eigenvalue weighted by molar-refractivity contribution is -0.113. The van der Waals surface area contributed by atoms with Crippen LogP contribution in [0.5, 0.6) is 5.75 Å². The van der Waals surface area contributed by atoms with Gasteiger partial charge in [-0.25, -0.2) is 4.98 Å². The zero-order valence-corrected chi connectivity index (χ0v) is 14.8. The Balaban J connectivity index is 1.61. The number of hydrogen-bond donors (Lipinski definition) is 2. The number of nitrogens with zero attached hydrogens (tertiary/aromatic N) is 1. The van der Waals surface area contributed by atoms with Gasteiger partial charge in [0.2, 0.25) is 5.91 Å². The molecule has 1 heterocycles. The minimum atomic E-state index is -0.127. The van der Waals surface area contributed by atoms with Crippen LogP contribution in [-0.2, 0) is 4.79 Å². The molecule has 1 amide bonds. The first kappa shape index (κ1) is 16.7. The van der Waals surface area contributed by atoms with E-state index in [1.54, 1.807) is 25.3 Å². The molecule has 0 aliphatic heterocycles. The van der Waals surface area contributed by atoms with Crippen LogP contribution in [0, 0.1) is 6.92 Å². The Bertz CT molecular complexity index is 895. The highest BCUT2D eigenvalue weighted by Crippen LogP contribution is 2.27. The number of aryl methyl sites for hydroxylation is 1. The minimum absolute atomic E-state index is 0.127. The van der Waals surface area contributed by atoms with Gasteiger partial charge in [-0.05, 0) is 42.8 Å². The number of fused-ring (bicyclic) bond motifs is 1. The maximum absolute atomic E-state index is 12.1. The molecule has 1 aromatic heterocycles. The fourth-order valence-electron chi connectivity index (χ4n) is 2.24. The predicted molar refractivity (Wildman–Crippen MR) is 98.2 cm³/mol. The number of halogens is 1. The van der Waals surface area contributed by atoms with E-state index < -0.39 is 0 Å². The third-order valence-corrected chi connectivity index (χ3v) is 4.56. The molecule has 0 saturated carbocycles. The molecule has 2 N–H and O–H groups in total. The first-order chi connectivity index (χ1) is 11.5. The topological polar surface area (TPSA) is 67.0 Å². The molecule has 0 spiro atoms. The molecule has 24 heavy (non-hydrogen) atoms. The lowest BCUT2D eigenvalue weighted by atomic mass is 10.2. The average molecular weight is 362 g/mol. The Kier molecular flexibility index (Phi) is 4.97. The molecule has 0 saturated heterocycles. The van der Waals surface area contributed by atoms with Crippen molar-refractivity contribution in [1.29, 1.82) is 0 Å². The van der Waals surface area contributed by atoms with Crippen molar-refractivity contribution in [2.75, 3.05) is 18.2 Å². The normalized spacial score (nSPS) is 10.8. The number of hydrogen-bond acceptors (Lipinski definition) is 4. The number of rotatable bonds is 5. The van der Waals surface area contributed by atoms with Gasteiger partial charge in [0, 0.05) is 5.69 Å². The number of methoxy groups -OCH3 is 1. The van der Waals surface area contributed by atoms with Crippen LogP contribution >= 0.6 is 23.4 Å². The number of carbonyl (C=O) groups is 1. The van der Waals surface area contributed by atoms with E-state index in [1.807, 2.05) is 25.1 Å². The number of H-pyrrole nitrogens is 1. The number of carbonyl (C=O) groups excluding carboxylic acids is 1. The third-order valence-electron chi connectivity index (χ3n) is 3.39. The van der Waals surface area contributed by atoms with E-state index in [9.17, 15) is 4.79 Å². The molecule has 0 unspecified atom stereocenters. The van der Waals surface area contributed by atoms with Crippen LogP contribution < -0.4 is 10.1 Å². The summed E-state index contributed by atoms with van der Waals surface area (Å²) in [7, 11) is 1.55. The highest BCUT2D eigenvalue weighted by Gasteiger charge is 2.09. The van der Waals surface area contributed by atoms with Gasteiger partial charge in [0.15, 0.2) is 5.16 Å². The second kappa shape index (κ2) is 7.15. The summed E-state index contributed by atoms with van der Waals surface area (Å²) in [5.74, 6) is 0.696. The molecule has 124 valence electrons. The number of amides is 1. The van der Waals surface area contributed by atoms with Crippen molar-refractivity contribution in [2.45, 2.75) is 12.1 Å². The molecule has 2 aromatic carbocycles. The van der Waals surface area contributed by atoms with Crippen LogP contribution in [0.2, 0.25) is 5.02 Å². The van der Waals surface area contributed by atoms with Crippen LogP contribution in [0.3, 0.4) is 0 Å². The molecular formula is C17H16ClN3O2S. The van der Waals surface area contributed by atoms with Gasteiger partial charge in [0.1, 0.15) is 5.75 Å². The van der Waals surface area contributed by atoms with Gasteiger partial charge in [-0.3, -0.25) is 4.79 Å². The zero-order valence-electron chi connectivity index (χ0n) is 13.2. The summed E-state index contributed by atoms with van der Waals surface area (Å²) in [5.41, 5.74) is 3.66. The number of aromatic nitrogens is 2. The summed E-state index contributed by atoms with van der Waals surface area (Å²) in [4.78, 5) is 19.7. The molecular weight excluding hydrogens is 346 g/mol. The van der Waals surface area contributed by atoms with Crippen molar-refractivity contribution < 1.29 is 9.53 Å². The minimum Gasteiger partial charge on any atom is -0.495 e. The van der Waals surface area contributed by atoms with Crippen LogP contribution in [-0.4, -0.2) is 28.7 Å². The maximum Gasteiger partial charge on any atom is 0.234 e. The number of ether oxygens (including phenoxy) is 1. The van der Waals surface area contributed by atoms with Gasteiger partial charge in [0.05, 0.1) is 28.9 Å². The summed E-state index contributed by atoms with van der Waals surface area (Å²) in [5, 5.41) is 3.98. The van der Waals surface area contributed by atoms with Gasteiger partial charge in [-0.2, -0.15) is 0 Å². The van der Waals surface area contributed by atoms with Gasteiger partial charge in [0.25, 0.3) is 0 Å².